The molecule has 0 unspecified atom stereocenters. The maximum absolute atomic E-state index is 11.3. The number of thiazole rings is 1. The SMILES string of the molecule is O=S(=O)([O-])CCN1/C(=C/c2sc3ccc(Cl)cc3[n+]2CCCCS(=O)(=O)O)Sc2ccc(Cl)cc21. The molecule has 1 N–H and O–H groups in total. The van der Waals surface area contributed by atoms with Crippen molar-refractivity contribution < 1.29 is 30.5 Å². The van der Waals surface area contributed by atoms with Gasteiger partial charge in [-0.1, -0.05) is 46.3 Å². The molecule has 0 spiro atoms. The van der Waals surface area contributed by atoms with E-state index < -0.39 is 26.0 Å². The first kappa shape index (κ1) is 26.7. The van der Waals surface area contributed by atoms with Gasteiger partial charge in [0.25, 0.3) is 15.1 Å². The molecule has 35 heavy (non-hydrogen) atoms. The number of rotatable bonds is 9. The van der Waals surface area contributed by atoms with Crippen LogP contribution in [0.25, 0.3) is 16.3 Å². The molecular formula is C21H20Cl2N2O6S4. The molecule has 14 heteroatoms. The van der Waals surface area contributed by atoms with Crippen molar-refractivity contribution in [2.45, 2.75) is 24.3 Å². The summed E-state index contributed by atoms with van der Waals surface area (Å²) in [5.41, 5.74) is 1.60. The molecule has 188 valence electrons. The van der Waals surface area contributed by atoms with Gasteiger partial charge in [-0.2, -0.15) is 13.0 Å². The lowest BCUT2D eigenvalue weighted by Gasteiger charge is -2.21. The van der Waals surface area contributed by atoms with Crippen molar-refractivity contribution in [1.82, 2.24) is 0 Å². The van der Waals surface area contributed by atoms with Crippen LogP contribution in [-0.4, -0.2) is 44.0 Å². The van der Waals surface area contributed by atoms with Crippen LogP contribution in [0.15, 0.2) is 46.3 Å². The number of aryl methyl sites for hydroxylation is 1. The lowest BCUT2D eigenvalue weighted by molar-refractivity contribution is -0.669. The van der Waals surface area contributed by atoms with Crippen LogP contribution in [0.4, 0.5) is 5.69 Å². The third-order valence-electron chi connectivity index (χ3n) is 5.23. The fourth-order valence-corrected chi connectivity index (χ4v) is 7.28. The molecule has 0 atom stereocenters. The van der Waals surface area contributed by atoms with E-state index in [0.717, 1.165) is 30.8 Å². The molecule has 0 radical (unpaired) electrons. The zero-order valence-electron chi connectivity index (χ0n) is 18.1. The topological polar surface area (TPSA) is 119 Å². The summed E-state index contributed by atoms with van der Waals surface area (Å²) in [6.45, 7) is 0.455. The van der Waals surface area contributed by atoms with Gasteiger partial charge in [0.2, 0.25) is 5.52 Å². The Morgan fingerprint density at radius 2 is 1.74 bits per heavy atom. The molecule has 0 saturated carbocycles. The predicted octanol–water partition coefficient (Wildman–Crippen LogP) is 4.62. The van der Waals surface area contributed by atoms with E-state index in [4.69, 9.17) is 27.8 Å². The number of anilines is 1. The molecule has 0 saturated heterocycles. The van der Waals surface area contributed by atoms with Gasteiger partial charge in [0, 0.05) is 34.0 Å². The highest BCUT2D eigenvalue weighted by atomic mass is 35.5. The van der Waals surface area contributed by atoms with Crippen LogP contribution in [0, 0.1) is 0 Å². The molecule has 2 aromatic carbocycles. The van der Waals surface area contributed by atoms with Gasteiger partial charge in [0.1, 0.15) is 4.70 Å². The van der Waals surface area contributed by atoms with Crippen LogP contribution in [0.3, 0.4) is 0 Å². The highest BCUT2D eigenvalue weighted by Crippen LogP contribution is 2.47. The third kappa shape index (κ3) is 6.89. The number of halogens is 2. The van der Waals surface area contributed by atoms with Crippen molar-refractivity contribution in [2.24, 2.45) is 0 Å². The van der Waals surface area contributed by atoms with Gasteiger partial charge in [0.15, 0.2) is 6.54 Å². The third-order valence-corrected chi connectivity index (χ3v) is 9.41. The quantitative estimate of drug-likeness (QED) is 0.216. The number of nitrogens with zero attached hydrogens (tertiary/aromatic N) is 2. The first-order valence-corrected chi connectivity index (χ1v) is 15.9. The maximum atomic E-state index is 11.3. The molecule has 8 nitrogen and oxygen atoms in total. The van der Waals surface area contributed by atoms with Crippen molar-refractivity contribution in [3.63, 3.8) is 0 Å². The van der Waals surface area contributed by atoms with Crippen LogP contribution >= 0.6 is 46.3 Å². The van der Waals surface area contributed by atoms with Crippen LogP contribution in [0.1, 0.15) is 17.8 Å². The van der Waals surface area contributed by atoms with E-state index in [0.29, 0.717) is 23.0 Å². The average molecular weight is 596 g/mol. The normalized spacial score (nSPS) is 15.3. The lowest BCUT2D eigenvalue weighted by Crippen LogP contribution is -2.35. The van der Waals surface area contributed by atoms with Gasteiger partial charge in [0.05, 0.1) is 38.4 Å². The van der Waals surface area contributed by atoms with Crippen molar-refractivity contribution in [2.75, 3.05) is 23.0 Å². The standard InChI is InChI=1S/C21H20Cl2N2O6S4/c22-14-3-5-18-16(11-14)24(7-1-2-9-34(26,27)28)20(32-18)13-21-25(8-10-35(29,30)31)17-12-15(23)4-6-19(17)33-21/h3-6,11-13H,1-2,7-10H2,(H-,26,27,28,29,30,31). The molecule has 0 amide bonds. The summed E-state index contributed by atoms with van der Waals surface area (Å²) >= 11 is 15.3. The molecular weight excluding hydrogens is 575 g/mol. The van der Waals surface area contributed by atoms with Crippen molar-refractivity contribution >= 4 is 88.5 Å². The van der Waals surface area contributed by atoms with Gasteiger partial charge in [-0.05, 0) is 36.8 Å². The van der Waals surface area contributed by atoms with Gasteiger partial charge < -0.3 is 9.45 Å². The van der Waals surface area contributed by atoms with Crippen molar-refractivity contribution in [3.8, 4) is 0 Å². The van der Waals surface area contributed by atoms with E-state index in [2.05, 4.69) is 0 Å². The Morgan fingerprint density at radius 3 is 2.46 bits per heavy atom. The molecule has 1 aromatic heterocycles. The number of hydrogen-bond acceptors (Lipinski definition) is 8. The van der Waals surface area contributed by atoms with Crippen LogP contribution in [0.5, 0.6) is 0 Å². The van der Waals surface area contributed by atoms with Crippen LogP contribution in [0.2, 0.25) is 10.0 Å². The fourth-order valence-electron chi connectivity index (χ4n) is 3.69. The summed E-state index contributed by atoms with van der Waals surface area (Å²) in [7, 11) is -8.47. The zero-order valence-corrected chi connectivity index (χ0v) is 22.8. The second-order valence-corrected chi connectivity index (χ2v) is 13.9. The molecule has 1 aliphatic rings. The molecule has 3 aromatic rings. The number of aromatic nitrogens is 1. The van der Waals surface area contributed by atoms with Gasteiger partial charge >= 0.3 is 0 Å². The number of benzene rings is 2. The summed E-state index contributed by atoms with van der Waals surface area (Å²) < 4.78 is 68.2. The molecule has 1 aliphatic heterocycles. The number of thioether (sulfide) groups is 1. The summed E-state index contributed by atoms with van der Waals surface area (Å²) in [6, 6.07) is 10.8. The Labute approximate surface area is 221 Å². The smallest absolute Gasteiger partial charge is 0.265 e. The second kappa shape index (κ2) is 10.5. The lowest BCUT2D eigenvalue weighted by atomic mass is 10.3. The van der Waals surface area contributed by atoms with E-state index in [-0.39, 0.29) is 18.7 Å². The van der Waals surface area contributed by atoms with E-state index in [9.17, 15) is 21.4 Å². The largest absolute Gasteiger partial charge is 0.748 e. The highest BCUT2D eigenvalue weighted by molar-refractivity contribution is 8.04. The van der Waals surface area contributed by atoms with Gasteiger partial charge in [-0.15, -0.1) is 0 Å². The summed E-state index contributed by atoms with van der Waals surface area (Å²) in [5.74, 6) is -0.884. The molecule has 0 aliphatic carbocycles. The van der Waals surface area contributed by atoms with Crippen molar-refractivity contribution in [3.05, 3.63) is 56.5 Å². The monoisotopic (exact) mass is 594 g/mol. The summed E-state index contributed by atoms with van der Waals surface area (Å²) in [6.07, 6.45) is 2.70. The highest BCUT2D eigenvalue weighted by Gasteiger charge is 2.28. The first-order valence-electron chi connectivity index (χ1n) is 10.4. The minimum absolute atomic E-state index is 0.0247. The van der Waals surface area contributed by atoms with Gasteiger partial charge in [-0.25, -0.2) is 8.42 Å². The average Bonchev–Trinajstić information content (AvgIpc) is 3.25. The zero-order chi connectivity index (χ0) is 25.4. The van der Waals surface area contributed by atoms with Gasteiger partial charge in [-0.3, -0.25) is 4.55 Å². The number of fused-ring (bicyclic) bond motifs is 2. The predicted molar refractivity (Wildman–Crippen MR) is 140 cm³/mol. The molecule has 0 bridgehead atoms. The summed E-state index contributed by atoms with van der Waals surface area (Å²) in [5, 5.41) is 2.62. The Kier molecular flexibility index (Phi) is 8.04. The molecule has 2 heterocycles. The van der Waals surface area contributed by atoms with Crippen LogP contribution < -0.4 is 9.47 Å². The Morgan fingerprint density at radius 1 is 1.03 bits per heavy atom. The Bertz CT molecular complexity index is 1520. The van der Waals surface area contributed by atoms with E-state index in [1.165, 1.54) is 23.1 Å². The number of hydrogen-bond donors (Lipinski definition) is 1. The Balaban J connectivity index is 1.72. The van der Waals surface area contributed by atoms with E-state index in [1.807, 2.05) is 28.8 Å². The minimum Gasteiger partial charge on any atom is -0.748 e. The molecule has 4 rings (SSSR count). The van der Waals surface area contributed by atoms with Crippen LogP contribution in [-0.2, 0) is 26.8 Å². The van der Waals surface area contributed by atoms with E-state index in [1.54, 1.807) is 23.1 Å². The first-order chi connectivity index (χ1) is 16.4. The maximum Gasteiger partial charge on any atom is 0.265 e. The fraction of sp³-hybridized carbons (Fsp3) is 0.286. The second-order valence-electron chi connectivity index (χ2n) is 7.81. The number of unbranched alkanes of at least 4 members (excludes halogenated alkanes) is 1. The minimum atomic E-state index is -4.43. The van der Waals surface area contributed by atoms with Crippen molar-refractivity contribution in [1.29, 1.82) is 0 Å². The Hall–Kier alpha value is -1.38. The molecule has 0 fully saturated rings. The van der Waals surface area contributed by atoms with E-state index >= 15 is 0 Å². The summed E-state index contributed by atoms with van der Waals surface area (Å²) in [4.78, 5) is 2.65.